The van der Waals surface area contributed by atoms with Crippen LogP contribution in [0.4, 0.5) is 0 Å². The Morgan fingerprint density at radius 2 is 1.50 bits per heavy atom. The van der Waals surface area contributed by atoms with Crippen LogP contribution in [0.1, 0.15) is 20.3 Å². The first kappa shape index (κ1) is 12.3. The highest BCUT2D eigenvalue weighted by Gasteiger charge is 2.28. The first-order valence-corrected chi connectivity index (χ1v) is 6.10. The smallest absolute Gasteiger partial charge is 0.104 e. The summed E-state index contributed by atoms with van der Waals surface area (Å²) in [6.45, 7) is 9.03. The predicted octanol–water partition coefficient (Wildman–Crippen LogP) is 1.23. The number of rotatable bonds is 9. The second-order valence-corrected chi connectivity index (χ2v) is 5.11. The summed E-state index contributed by atoms with van der Waals surface area (Å²) in [5.41, 5.74) is 0.115. The van der Waals surface area contributed by atoms with Crippen LogP contribution in [-0.4, -0.2) is 51.8 Å². The molecule has 4 nitrogen and oxygen atoms in total. The van der Waals surface area contributed by atoms with Crippen LogP contribution in [0.25, 0.3) is 0 Å². The van der Waals surface area contributed by atoms with Crippen molar-refractivity contribution in [2.24, 2.45) is 5.41 Å². The minimum absolute atomic E-state index is 0.115. The normalized spacial score (nSPS) is 31.1. The SMILES string of the molecule is CCC(C)(COCC1CO1)COCC1CO1. The van der Waals surface area contributed by atoms with E-state index < -0.39 is 0 Å². The van der Waals surface area contributed by atoms with E-state index in [0.717, 1.165) is 46.1 Å². The molecule has 2 rings (SSSR count). The van der Waals surface area contributed by atoms with E-state index in [1.165, 1.54) is 0 Å². The van der Waals surface area contributed by atoms with Crippen LogP contribution in [-0.2, 0) is 18.9 Å². The van der Waals surface area contributed by atoms with E-state index in [1.54, 1.807) is 0 Å². The lowest BCUT2D eigenvalue weighted by atomic mass is 9.90. The van der Waals surface area contributed by atoms with E-state index in [1.807, 2.05) is 0 Å². The van der Waals surface area contributed by atoms with Crippen molar-refractivity contribution >= 4 is 0 Å². The molecule has 2 aliphatic rings. The summed E-state index contributed by atoms with van der Waals surface area (Å²) in [5.74, 6) is 0. The van der Waals surface area contributed by atoms with Gasteiger partial charge in [-0.1, -0.05) is 13.8 Å². The summed E-state index contributed by atoms with van der Waals surface area (Å²) < 4.78 is 21.5. The lowest BCUT2D eigenvalue weighted by Gasteiger charge is -2.27. The van der Waals surface area contributed by atoms with Gasteiger partial charge in [-0.25, -0.2) is 0 Å². The van der Waals surface area contributed by atoms with Gasteiger partial charge in [0.25, 0.3) is 0 Å². The zero-order chi connectivity index (χ0) is 11.4. The van der Waals surface area contributed by atoms with Crippen LogP contribution in [0.5, 0.6) is 0 Å². The van der Waals surface area contributed by atoms with Crippen LogP contribution in [0.3, 0.4) is 0 Å². The summed E-state index contributed by atoms with van der Waals surface area (Å²) in [7, 11) is 0. The maximum Gasteiger partial charge on any atom is 0.104 e. The van der Waals surface area contributed by atoms with Crippen LogP contribution in [0.2, 0.25) is 0 Å². The topological polar surface area (TPSA) is 43.5 Å². The first-order valence-electron chi connectivity index (χ1n) is 6.10. The molecule has 0 aromatic heterocycles. The van der Waals surface area contributed by atoms with Crippen molar-refractivity contribution in [1.82, 2.24) is 0 Å². The summed E-state index contributed by atoms with van der Waals surface area (Å²) in [4.78, 5) is 0. The Morgan fingerprint density at radius 3 is 1.81 bits per heavy atom. The highest BCUT2D eigenvalue weighted by molar-refractivity contribution is 4.75. The van der Waals surface area contributed by atoms with Crippen molar-refractivity contribution in [3.05, 3.63) is 0 Å². The molecular formula is C12H22O4. The molecule has 0 bridgehead atoms. The maximum atomic E-state index is 5.65. The molecule has 16 heavy (non-hydrogen) atoms. The van der Waals surface area contributed by atoms with E-state index in [4.69, 9.17) is 18.9 Å². The van der Waals surface area contributed by atoms with Gasteiger partial charge in [-0.2, -0.15) is 0 Å². The largest absolute Gasteiger partial charge is 0.378 e. The third-order valence-corrected chi connectivity index (χ3v) is 3.17. The number of hydrogen-bond donors (Lipinski definition) is 0. The Kier molecular flexibility index (Phi) is 4.19. The molecule has 2 heterocycles. The van der Waals surface area contributed by atoms with Crippen LogP contribution in [0, 0.1) is 5.41 Å². The molecule has 0 radical (unpaired) electrons. The summed E-state index contributed by atoms with van der Waals surface area (Å²) in [6.07, 6.45) is 1.76. The van der Waals surface area contributed by atoms with Crippen LogP contribution in [0.15, 0.2) is 0 Å². The quantitative estimate of drug-likeness (QED) is 0.559. The molecule has 0 saturated carbocycles. The second kappa shape index (κ2) is 5.45. The fourth-order valence-electron chi connectivity index (χ4n) is 1.45. The lowest BCUT2D eigenvalue weighted by molar-refractivity contribution is -0.0212. The van der Waals surface area contributed by atoms with E-state index >= 15 is 0 Å². The molecule has 0 spiro atoms. The molecule has 4 heteroatoms. The first-order chi connectivity index (χ1) is 7.72. The molecular weight excluding hydrogens is 208 g/mol. The van der Waals surface area contributed by atoms with Crippen molar-refractivity contribution in [1.29, 1.82) is 0 Å². The fourth-order valence-corrected chi connectivity index (χ4v) is 1.45. The van der Waals surface area contributed by atoms with E-state index in [-0.39, 0.29) is 5.41 Å². The average Bonchev–Trinajstić information content (AvgIpc) is 3.12. The van der Waals surface area contributed by atoms with Crippen LogP contribution < -0.4 is 0 Å². The summed E-state index contributed by atoms with van der Waals surface area (Å²) in [6, 6.07) is 0. The van der Waals surface area contributed by atoms with Crippen molar-refractivity contribution in [3.63, 3.8) is 0 Å². The number of hydrogen-bond acceptors (Lipinski definition) is 4. The van der Waals surface area contributed by atoms with E-state index in [9.17, 15) is 0 Å². The van der Waals surface area contributed by atoms with Crippen LogP contribution >= 0.6 is 0 Å². The molecule has 0 aromatic carbocycles. The standard InChI is InChI=1S/C12H22O4/c1-3-12(2,8-13-4-10-6-15-10)9-14-5-11-7-16-11/h10-11H,3-9H2,1-2H3. The Labute approximate surface area is 97.2 Å². The van der Waals surface area contributed by atoms with Gasteiger partial charge in [-0.3, -0.25) is 0 Å². The third-order valence-electron chi connectivity index (χ3n) is 3.17. The highest BCUT2D eigenvalue weighted by atomic mass is 16.6. The molecule has 0 amide bonds. The molecule has 2 atom stereocenters. The van der Waals surface area contributed by atoms with Gasteiger partial charge >= 0.3 is 0 Å². The second-order valence-electron chi connectivity index (χ2n) is 5.11. The van der Waals surface area contributed by atoms with Gasteiger partial charge in [0, 0.05) is 5.41 Å². The predicted molar refractivity (Wildman–Crippen MR) is 59.5 cm³/mol. The van der Waals surface area contributed by atoms with E-state index in [2.05, 4.69) is 13.8 Å². The molecule has 0 aromatic rings. The van der Waals surface area contributed by atoms with Gasteiger partial charge in [0.2, 0.25) is 0 Å². The molecule has 2 aliphatic heterocycles. The third kappa shape index (κ3) is 4.37. The summed E-state index contributed by atoms with van der Waals surface area (Å²) >= 11 is 0. The molecule has 2 unspecified atom stereocenters. The van der Waals surface area contributed by atoms with Gasteiger partial charge in [-0.05, 0) is 6.42 Å². The van der Waals surface area contributed by atoms with Crippen molar-refractivity contribution < 1.29 is 18.9 Å². The summed E-state index contributed by atoms with van der Waals surface area (Å²) in [5, 5.41) is 0. The zero-order valence-corrected chi connectivity index (χ0v) is 10.2. The van der Waals surface area contributed by atoms with Crippen molar-refractivity contribution in [3.8, 4) is 0 Å². The molecule has 2 saturated heterocycles. The van der Waals surface area contributed by atoms with Gasteiger partial charge < -0.3 is 18.9 Å². The number of epoxide rings is 2. The van der Waals surface area contributed by atoms with Gasteiger partial charge in [0.1, 0.15) is 12.2 Å². The minimum Gasteiger partial charge on any atom is -0.378 e. The van der Waals surface area contributed by atoms with Gasteiger partial charge in [-0.15, -0.1) is 0 Å². The Hall–Kier alpha value is -0.160. The van der Waals surface area contributed by atoms with Gasteiger partial charge in [0.05, 0.1) is 39.6 Å². The van der Waals surface area contributed by atoms with Crippen molar-refractivity contribution in [2.75, 3.05) is 39.6 Å². The van der Waals surface area contributed by atoms with E-state index in [0.29, 0.717) is 12.2 Å². The average molecular weight is 230 g/mol. The minimum atomic E-state index is 0.115. The number of ether oxygens (including phenoxy) is 4. The maximum absolute atomic E-state index is 5.65. The Morgan fingerprint density at radius 1 is 1.06 bits per heavy atom. The molecule has 0 N–H and O–H groups in total. The monoisotopic (exact) mass is 230 g/mol. The lowest BCUT2D eigenvalue weighted by Crippen LogP contribution is -2.30. The van der Waals surface area contributed by atoms with Crippen molar-refractivity contribution in [2.45, 2.75) is 32.5 Å². The molecule has 2 fully saturated rings. The Bertz CT molecular complexity index is 193. The Balaban J connectivity index is 1.57. The zero-order valence-electron chi connectivity index (χ0n) is 10.2. The van der Waals surface area contributed by atoms with Gasteiger partial charge in [0.15, 0.2) is 0 Å². The fraction of sp³-hybridized carbons (Fsp3) is 1.00. The molecule has 0 aliphatic carbocycles. The highest BCUT2D eigenvalue weighted by Crippen LogP contribution is 2.23. The molecule has 94 valence electrons.